The highest BCUT2D eigenvalue weighted by Crippen LogP contribution is 2.24. The lowest BCUT2D eigenvalue weighted by Crippen LogP contribution is -2.45. The molecule has 0 bridgehead atoms. The number of ether oxygens (including phenoxy) is 1. The number of rotatable bonds is 1. The van der Waals surface area contributed by atoms with E-state index >= 15 is 0 Å². The predicted molar refractivity (Wildman–Crippen MR) is 63.5 cm³/mol. The Kier molecular flexibility index (Phi) is 3.12. The van der Waals surface area contributed by atoms with E-state index in [-0.39, 0.29) is 6.04 Å². The first-order chi connectivity index (χ1) is 7.72. The Hall–Kier alpha value is -1.53. The number of nitrogens with zero attached hydrogens (tertiary/aromatic N) is 2. The molecule has 1 aliphatic rings. The maximum Gasteiger partial charge on any atom is 0.140 e. The van der Waals surface area contributed by atoms with Gasteiger partial charge in [0.05, 0.1) is 19.3 Å². The molecule has 0 aromatic heterocycles. The van der Waals surface area contributed by atoms with Crippen LogP contribution in [0.25, 0.3) is 0 Å². The Labute approximate surface area is 96.2 Å². The fourth-order valence-corrected chi connectivity index (χ4v) is 2.03. The van der Waals surface area contributed by atoms with E-state index in [2.05, 4.69) is 43.0 Å². The number of morpholine rings is 1. The third kappa shape index (κ3) is 2.02. The minimum atomic E-state index is -0.158. The van der Waals surface area contributed by atoms with Crippen LogP contribution in [0.15, 0.2) is 18.2 Å². The first-order valence-electron chi connectivity index (χ1n) is 5.53. The van der Waals surface area contributed by atoms with Crippen LogP contribution in [0.4, 0.5) is 5.69 Å². The summed E-state index contributed by atoms with van der Waals surface area (Å²) in [6, 6.07) is 8.49. The van der Waals surface area contributed by atoms with Gasteiger partial charge in [0.1, 0.15) is 6.04 Å². The van der Waals surface area contributed by atoms with Crippen molar-refractivity contribution in [3.05, 3.63) is 29.3 Å². The van der Waals surface area contributed by atoms with E-state index in [9.17, 15) is 0 Å². The molecule has 1 aromatic rings. The van der Waals surface area contributed by atoms with Gasteiger partial charge in [-0.15, -0.1) is 0 Å². The lowest BCUT2D eigenvalue weighted by atomic mass is 10.1. The number of anilines is 1. The van der Waals surface area contributed by atoms with Gasteiger partial charge in [-0.2, -0.15) is 5.26 Å². The van der Waals surface area contributed by atoms with Gasteiger partial charge in [-0.05, 0) is 31.0 Å². The van der Waals surface area contributed by atoms with Gasteiger partial charge in [0.25, 0.3) is 0 Å². The van der Waals surface area contributed by atoms with Crippen molar-refractivity contribution in [2.45, 2.75) is 19.9 Å². The Morgan fingerprint density at radius 2 is 2.25 bits per heavy atom. The molecule has 1 unspecified atom stereocenters. The van der Waals surface area contributed by atoms with Crippen molar-refractivity contribution in [2.24, 2.45) is 0 Å². The fourth-order valence-electron chi connectivity index (χ4n) is 2.03. The van der Waals surface area contributed by atoms with Crippen LogP contribution >= 0.6 is 0 Å². The van der Waals surface area contributed by atoms with E-state index in [1.807, 2.05) is 0 Å². The molecule has 1 aliphatic heterocycles. The van der Waals surface area contributed by atoms with Crippen molar-refractivity contribution in [1.82, 2.24) is 0 Å². The molecule has 0 spiro atoms. The summed E-state index contributed by atoms with van der Waals surface area (Å²) in [5.74, 6) is 0. The number of hydrogen-bond donors (Lipinski definition) is 0. The summed E-state index contributed by atoms with van der Waals surface area (Å²) in [5.41, 5.74) is 3.60. The van der Waals surface area contributed by atoms with Crippen molar-refractivity contribution in [3.63, 3.8) is 0 Å². The van der Waals surface area contributed by atoms with E-state index in [1.54, 1.807) is 0 Å². The molecular weight excluding hydrogens is 200 g/mol. The van der Waals surface area contributed by atoms with Crippen molar-refractivity contribution < 1.29 is 4.74 Å². The van der Waals surface area contributed by atoms with E-state index in [4.69, 9.17) is 10.00 Å². The van der Waals surface area contributed by atoms with Crippen LogP contribution in [0, 0.1) is 25.2 Å². The maximum absolute atomic E-state index is 9.11. The molecule has 1 heterocycles. The van der Waals surface area contributed by atoms with Gasteiger partial charge in [-0.25, -0.2) is 0 Å². The van der Waals surface area contributed by atoms with E-state index < -0.39 is 0 Å². The second kappa shape index (κ2) is 4.54. The second-order valence-electron chi connectivity index (χ2n) is 4.20. The first-order valence-corrected chi connectivity index (χ1v) is 5.53. The average Bonchev–Trinajstić information content (AvgIpc) is 2.32. The van der Waals surface area contributed by atoms with Crippen LogP contribution in [-0.4, -0.2) is 25.8 Å². The molecule has 1 aromatic carbocycles. The van der Waals surface area contributed by atoms with E-state index in [1.165, 1.54) is 11.1 Å². The largest absolute Gasteiger partial charge is 0.376 e. The van der Waals surface area contributed by atoms with Gasteiger partial charge in [-0.1, -0.05) is 12.1 Å². The number of hydrogen-bond acceptors (Lipinski definition) is 3. The zero-order valence-electron chi connectivity index (χ0n) is 9.73. The Morgan fingerprint density at radius 1 is 1.44 bits per heavy atom. The third-order valence-electron chi connectivity index (χ3n) is 2.95. The normalized spacial score (nSPS) is 20.6. The monoisotopic (exact) mass is 216 g/mol. The van der Waals surface area contributed by atoms with Gasteiger partial charge >= 0.3 is 0 Å². The molecule has 0 saturated carbocycles. The van der Waals surface area contributed by atoms with Crippen LogP contribution in [0.3, 0.4) is 0 Å². The smallest absolute Gasteiger partial charge is 0.140 e. The molecule has 2 rings (SSSR count). The minimum Gasteiger partial charge on any atom is -0.376 e. The number of nitriles is 1. The summed E-state index contributed by atoms with van der Waals surface area (Å²) in [7, 11) is 0. The summed E-state index contributed by atoms with van der Waals surface area (Å²) in [5, 5.41) is 9.11. The maximum atomic E-state index is 9.11. The summed E-state index contributed by atoms with van der Waals surface area (Å²) in [4.78, 5) is 2.14. The zero-order valence-corrected chi connectivity index (χ0v) is 9.73. The molecule has 0 amide bonds. The quantitative estimate of drug-likeness (QED) is 0.720. The van der Waals surface area contributed by atoms with Crippen LogP contribution in [0.1, 0.15) is 11.1 Å². The highest BCUT2D eigenvalue weighted by atomic mass is 16.5. The highest BCUT2D eigenvalue weighted by molar-refractivity contribution is 5.56. The lowest BCUT2D eigenvalue weighted by Gasteiger charge is -2.34. The van der Waals surface area contributed by atoms with Crippen LogP contribution in [0.5, 0.6) is 0 Å². The van der Waals surface area contributed by atoms with Gasteiger partial charge in [0, 0.05) is 12.2 Å². The van der Waals surface area contributed by atoms with E-state index in [0.717, 1.165) is 12.2 Å². The van der Waals surface area contributed by atoms with Crippen molar-refractivity contribution in [1.29, 1.82) is 5.26 Å². The molecule has 1 fully saturated rings. The summed E-state index contributed by atoms with van der Waals surface area (Å²) in [6.07, 6.45) is 0. The van der Waals surface area contributed by atoms with Crippen molar-refractivity contribution in [2.75, 3.05) is 24.7 Å². The number of benzene rings is 1. The van der Waals surface area contributed by atoms with Crippen LogP contribution in [-0.2, 0) is 4.74 Å². The van der Waals surface area contributed by atoms with Gasteiger partial charge in [0.2, 0.25) is 0 Å². The van der Waals surface area contributed by atoms with Gasteiger partial charge in [0.15, 0.2) is 0 Å². The van der Waals surface area contributed by atoms with Crippen LogP contribution in [0.2, 0.25) is 0 Å². The Bertz CT molecular complexity index is 422. The lowest BCUT2D eigenvalue weighted by molar-refractivity contribution is 0.107. The molecule has 3 nitrogen and oxygen atoms in total. The molecule has 1 saturated heterocycles. The molecular formula is C13H16N2O. The van der Waals surface area contributed by atoms with Gasteiger partial charge < -0.3 is 9.64 Å². The Balaban J connectivity index is 2.34. The topological polar surface area (TPSA) is 36.3 Å². The molecule has 84 valence electrons. The molecule has 16 heavy (non-hydrogen) atoms. The fraction of sp³-hybridized carbons (Fsp3) is 0.462. The summed E-state index contributed by atoms with van der Waals surface area (Å²) >= 11 is 0. The second-order valence-corrected chi connectivity index (χ2v) is 4.20. The summed E-state index contributed by atoms with van der Waals surface area (Å²) in [6.45, 7) is 6.15. The van der Waals surface area contributed by atoms with Crippen LogP contribution < -0.4 is 4.90 Å². The molecule has 0 N–H and O–H groups in total. The third-order valence-corrected chi connectivity index (χ3v) is 2.95. The minimum absolute atomic E-state index is 0.158. The van der Waals surface area contributed by atoms with Gasteiger partial charge in [-0.3, -0.25) is 0 Å². The van der Waals surface area contributed by atoms with Crippen molar-refractivity contribution >= 4 is 5.69 Å². The SMILES string of the molecule is Cc1ccc(C)c(N2CCOCC2C#N)c1. The molecule has 3 heteroatoms. The summed E-state index contributed by atoms with van der Waals surface area (Å²) < 4.78 is 5.33. The zero-order chi connectivity index (χ0) is 11.5. The molecule has 0 radical (unpaired) electrons. The molecule has 0 aliphatic carbocycles. The standard InChI is InChI=1S/C13H16N2O/c1-10-3-4-11(2)13(7-10)15-5-6-16-9-12(15)8-14/h3-4,7,12H,5-6,9H2,1-2H3. The van der Waals surface area contributed by atoms with E-state index in [0.29, 0.717) is 13.2 Å². The Morgan fingerprint density at radius 3 is 3.00 bits per heavy atom. The first kappa shape index (κ1) is 11.0. The number of aryl methyl sites for hydroxylation is 2. The average molecular weight is 216 g/mol. The van der Waals surface area contributed by atoms with Crippen molar-refractivity contribution in [3.8, 4) is 6.07 Å². The highest BCUT2D eigenvalue weighted by Gasteiger charge is 2.23. The molecule has 1 atom stereocenters. The predicted octanol–water partition coefficient (Wildman–Crippen LogP) is 2.03.